The summed E-state index contributed by atoms with van der Waals surface area (Å²) >= 11 is 1.32. The summed E-state index contributed by atoms with van der Waals surface area (Å²) in [5.41, 5.74) is 3.31. The first-order valence-electron chi connectivity index (χ1n) is 10.6. The van der Waals surface area contributed by atoms with Crippen molar-refractivity contribution in [2.75, 3.05) is 11.1 Å². The summed E-state index contributed by atoms with van der Waals surface area (Å²) < 4.78 is 7.63. The SMILES string of the molecule is Cc1cccc(OCc2nnc(SCC(=O)Nc3ccc(N=Nc4ccccc4)cc3)n2C)c1. The summed E-state index contributed by atoms with van der Waals surface area (Å²) in [6.45, 7) is 2.31. The molecule has 8 nitrogen and oxygen atoms in total. The molecular weight excluding hydrogens is 448 g/mol. The summed E-state index contributed by atoms with van der Waals surface area (Å²) in [6, 6.07) is 24.5. The molecule has 34 heavy (non-hydrogen) atoms. The molecule has 0 atom stereocenters. The Labute approximate surface area is 202 Å². The summed E-state index contributed by atoms with van der Waals surface area (Å²) in [7, 11) is 1.86. The van der Waals surface area contributed by atoms with Gasteiger partial charge in [0.2, 0.25) is 5.91 Å². The minimum Gasteiger partial charge on any atom is -0.486 e. The number of hydrogen-bond acceptors (Lipinski definition) is 7. The maximum Gasteiger partial charge on any atom is 0.234 e. The predicted molar refractivity (Wildman–Crippen MR) is 133 cm³/mol. The Morgan fingerprint density at radius 3 is 2.44 bits per heavy atom. The smallest absolute Gasteiger partial charge is 0.234 e. The Kier molecular flexibility index (Phi) is 7.67. The molecule has 0 spiro atoms. The quantitative estimate of drug-likeness (QED) is 0.244. The summed E-state index contributed by atoms with van der Waals surface area (Å²) in [4.78, 5) is 12.4. The van der Waals surface area contributed by atoms with Crippen LogP contribution in [0.3, 0.4) is 0 Å². The van der Waals surface area contributed by atoms with Gasteiger partial charge in [-0.25, -0.2) is 0 Å². The highest BCUT2D eigenvalue weighted by Gasteiger charge is 2.12. The van der Waals surface area contributed by atoms with Crippen molar-refractivity contribution in [3.8, 4) is 5.75 Å². The highest BCUT2D eigenvalue weighted by Crippen LogP contribution is 2.21. The van der Waals surface area contributed by atoms with Gasteiger partial charge >= 0.3 is 0 Å². The minimum atomic E-state index is -0.135. The van der Waals surface area contributed by atoms with E-state index in [9.17, 15) is 4.79 Å². The lowest BCUT2D eigenvalue weighted by Crippen LogP contribution is -2.14. The number of thioether (sulfide) groups is 1. The number of carbonyl (C=O) groups is 1. The molecule has 0 aliphatic heterocycles. The van der Waals surface area contributed by atoms with E-state index in [1.54, 1.807) is 24.3 Å². The molecule has 1 N–H and O–H groups in total. The number of amides is 1. The van der Waals surface area contributed by atoms with Gasteiger partial charge in [-0.15, -0.1) is 10.2 Å². The molecule has 172 valence electrons. The molecule has 9 heteroatoms. The average Bonchev–Trinajstić information content (AvgIpc) is 3.21. The van der Waals surface area contributed by atoms with Crippen molar-refractivity contribution < 1.29 is 9.53 Å². The zero-order valence-electron chi connectivity index (χ0n) is 18.9. The van der Waals surface area contributed by atoms with Crippen LogP contribution < -0.4 is 10.1 Å². The second-order valence-electron chi connectivity index (χ2n) is 7.48. The van der Waals surface area contributed by atoms with E-state index in [0.29, 0.717) is 29.0 Å². The monoisotopic (exact) mass is 472 g/mol. The van der Waals surface area contributed by atoms with Crippen molar-refractivity contribution in [3.05, 3.63) is 90.3 Å². The van der Waals surface area contributed by atoms with E-state index in [1.165, 1.54) is 11.8 Å². The van der Waals surface area contributed by atoms with Crippen molar-refractivity contribution in [2.24, 2.45) is 17.3 Å². The van der Waals surface area contributed by atoms with Crippen molar-refractivity contribution in [1.29, 1.82) is 0 Å². The molecule has 1 aromatic heterocycles. The van der Waals surface area contributed by atoms with Gasteiger partial charge in [0.05, 0.1) is 17.1 Å². The van der Waals surface area contributed by atoms with Crippen LogP contribution in [0.1, 0.15) is 11.4 Å². The molecule has 1 heterocycles. The molecule has 4 rings (SSSR count). The first-order valence-corrected chi connectivity index (χ1v) is 11.6. The lowest BCUT2D eigenvalue weighted by atomic mass is 10.2. The summed E-state index contributed by atoms with van der Waals surface area (Å²) in [5.74, 6) is 1.54. The molecule has 0 radical (unpaired) electrons. The van der Waals surface area contributed by atoms with Gasteiger partial charge in [-0.3, -0.25) is 4.79 Å². The van der Waals surface area contributed by atoms with Gasteiger partial charge in [0.15, 0.2) is 11.0 Å². The molecule has 0 saturated carbocycles. The number of nitrogens with one attached hydrogen (secondary N) is 1. The number of carbonyl (C=O) groups excluding carboxylic acids is 1. The minimum absolute atomic E-state index is 0.135. The fourth-order valence-electron chi connectivity index (χ4n) is 3.00. The number of hydrogen-bond donors (Lipinski definition) is 1. The molecule has 4 aromatic rings. The van der Waals surface area contributed by atoms with Gasteiger partial charge in [0.1, 0.15) is 12.4 Å². The van der Waals surface area contributed by atoms with E-state index >= 15 is 0 Å². The number of benzene rings is 3. The second kappa shape index (κ2) is 11.2. The number of ether oxygens (including phenoxy) is 1. The summed E-state index contributed by atoms with van der Waals surface area (Å²) in [6.07, 6.45) is 0. The zero-order valence-corrected chi connectivity index (χ0v) is 19.7. The Hall–Kier alpha value is -3.98. The third kappa shape index (κ3) is 6.52. The third-order valence-corrected chi connectivity index (χ3v) is 5.82. The molecule has 0 saturated heterocycles. The van der Waals surface area contributed by atoms with Gasteiger partial charge in [-0.1, -0.05) is 42.1 Å². The van der Waals surface area contributed by atoms with Crippen LogP contribution in [0.15, 0.2) is 94.2 Å². The number of nitrogens with zero attached hydrogens (tertiary/aromatic N) is 5. The maximum absolute atomic E-state index is 12.4. The van der Waals surface area contributed by atoms with Crippen molar-refractivity contribution in [2.45, 2.75) is 18.7 Å². The van der Waals surface area contributed by atoms with Crippen LogP contribution in [0.25, 0.3) is 0 Å². The molecule has 0 aliphatic rings. The van der Waals surface area contributed by atoms with Crippen LogP contribution in [0.4, 0.5) is 17.1 Å². The maximum atomic E-state index is 12.4. The first-order chi connectivity index (χ1) is 16.6. The molecule has 3 aromatic carbocycles. The van der Waals surface area contributed by atoms with Gasteiger partial charge in [0.25, 0.3) is 0 Å². The van der Waals surface area contributed by atoms with Crippen LogP contribution in [0.5, 0.6) is 5.75 Å². The standard InChI is InChI=1S/C25H24N6O2S/c1-18-7-6-10-22(15-18)33-16-23-29-30-25(31(23)2)34-17-24(32)26-19-11-13-21(14-12-19)28-27-20-8-4-3-5-9-20/h3-15H,16-17H2,1-2H3,(H,26,32). The van der Waals surface area contributed by atoms with E-state index in [2.05, 4.69) is 25.7 Å². The van der Waals surface area contributed by atoms with Crippen LogP contribution in [-0.2, 0) is 18.4 Å². The van der Waals surface area contributed by atoms with Crippen molar-refractivity contribution in [3.63, 3.8) is 0 Å². The second-order valence-corrected chi connectivity index (χ2v) is 8.42. The molecule has 0 aliphatic carbocycles. The van der Waals surface area contributed by atoms with Crippen molar-refractivity contribution in [1.82, 2.24) is 14.8 Å². The molecular formula is C25H24N6O2S. The zero-order chi connectivity index (χ0) is 23.8. The number of anilines is 1. The topological polar surface area (TPSA) is 93.8 Å². The Morgan fingerprint density at radius 1 is 0.971 bits per heavy atom. The van der Waals surface area contributed by atoms with Gasteiger partial charge in [-0.2, -0.15) is 10.2 Å². The summed E-state index contributed by atoms with van der Waals surface area (Å²) in [5, 5.41) is 20.3. The highest BCUT2D eigenvalue weighted by atomic mass is 32.2. The Bertz CT molecular complexity index is 1270. The van der Waals surface area contributed by atoms with E-state index in [1.807, 2.05) is 73.1 Å². The van der Waals surface area contributed by atoms with Crippen LogP contribution in [-0.4, -0.2) is 26.4 Å². The molecule has 0 unspecified atom stereocenters. The van der Waals surface area contributed by atoms with Gasteiger partial charge in [-0.05, 0) is 61.0 Å². The lowest BCUT2D eigenvalue weighted by Gasteiger charge is -2.07. The number of azo groups is 1. The van der Waals surface area contributed by atoms with E-state index < -0.39 is 0 Å². The van der Waals surface area contributed by atoms with Gasteiger partial charge in [0, 0.05) is 12.7 Å². The Morgan fingerprint density at radius 2 is 1.71 bits per heavy atom. The number of aryl methyl sites for hydroxylation is 1. The average molecular weight is 473 g/mol. The predicted octanol–water partition coefficient (Wildman–Crippen LogP) is 5.85. The fourth-order valence-corrected chi connectivity index (χ4v) is 3.73. The number of aromatic nitrogens is 3. The van der Waals surface area contributed by atoms with E-state index in [4.69, 9.17) is 4.74 Å². The molecule has 0 fully saturated rings. The van der Waals surface area contributed by atoms with Crippen LogP contribution >= 0.6 is 11.8 Å². The number of rotatable bonds is 9. The Balaban J connectivity index is 1.26. The normalized spacial score (nSPS) is 11.0. The van der Waals surface area contributed by atoms with E-state index in [-0.39, 0.29) is 11.7 Å². The third-order valence-electron chi connectivity index (χ3n) is 4.80. The van der Waals surface area contributed by atoms with E-state index in [0.717, 1.165) is 17.0 Å². The van der Waals surface area contributed by atoms with Crippen LogP contribution in [0.2, 0.25) is 0 Å². The lowest BCUT2D eigenvalue weighted by molar-refractivity contribution is -0.113. The van der Waals surface area contributed by atoms with Crippen molar-refractivity contribution >= 4 is 34.7 Å². The first kappa shape index (κ1) is 23.2. The molecule has 0 bridgehead atoms. The molecule has 1 amide bonds. The van der Waals surface area contributed by atoms with Gasteiger partial charge < -0.3 is 14.6 Å². The highest BCUT2D eigenvalue weighted by molar-refractivity contribution is 7.99. The largest absolute Gasteiger partial charge is 0.486 e. The van der Waals surface area contributed by atoms with Crippen LogP contribution in [0, 0.1) is 6.92 Å². The fraction of sp³-hybridized carbons (Fsp3) is 0.160.